The normalized spacial score (nSPS) is 13.8. The third-order valence-corrected chi connectivity index (χ3v) is 11.6. The SMILES string of the molecule is CC(C)(C)c1ccc2oc3c(c2c1)-n1c2cc4sc5ccccc5c4cc2c2ccc4c(c21)B3N(c1ccccc1)c1ccccc1-4. The molecule has 3 aromatic heterocycles. The molecule has 0 spiro atoms. The number of thiophene rings is 1. The molecule has 6 aromatic carbocycles. The first-order valence-corrected chi connectivity index (χ1v) is 17.2. The van der Waals surface area contributed by atoms with Gasteiger partial charge in [-0.2, -0.15) is 0 Å². The number of fused-ring (bicyclic) bond motifs is 13. The van der Waals surface area contributed by atoms with Gasteiger partial charge in [0, 0.05) is 53.3 Å². The molecule has 5 heterocycles. The molecule has 9 aromatic rings. The summed E-state index contributed by atoms with van der Waals surface area (Å²) in [6.07, 6.45) is 0. The second kappa shape index (κ2) is 8.75. The van der Waals surface area contributed by atoms with Gasteiger partial charge in [0.15, 0.2) is 0 Å². The van der Waals surface area contributed by atoms with Crippen molar-refractivity contribution in [2.75, 3.05) is 4.81 Å². The molecular weight excluding hydrogens is 591 g/mol. The van der Waals surface area contributed by atoms with Gasteiger partial charge >= 0.3 is 6.85 Å². The summed E-state index contributed by atoms with van der Waals surface area (Å²) in [5.74, 6) is 0. The van der Waals surface area contributed by atoms with Crippen molar-refractivity contribution in [1.82, 2.24) is 4.57 Å². The molecule has 222 valence electrons. The van der Waals surface area contributed by atoms with Crippen LogP contribution >= 0.6 is 11.3 Å². The lowest BCUT2D eigenvalue weighted by molar-refractivity contribution is 0.590. The maximum Gasteiger partial charge on any atom is 0.375 e. The predicted molar refractivity (Wildman–Crippen MR) is 201 cm³/mol. The van der Waals surface area contributed by atoms with E-state index in [-0.39, 0.29) is 12.3 Å². The topological polar surface area (TPSA) is 21.3 Å². The Hall–Kier alpha value is -5.26. The van der Waals surface area contributed by atoms with Crippen LogP contribution in [0.5, 0.6) is 0 Å². The number of anilines is 2. The highest BCUT2D eigenvalue weighted by Gasteiger charge is 2.47. The predicted octanol–water partition coefficient (Wildman–Crippen LogP) is 10.4. The van der Waals surface area contributed by atoms with E-state index in [2.05, 4.69) is 151 Å². The van der Waals surface area contributed by atoms with Gasteiger partial charge in [0.25, 0.3) is 0 Å². The van der Waals surface area contributed by atoms with E-state index in [1.807, 2.05) is 11.3 Å². The minimum Gasteiger partial charge on any atom is -0.466 e. The molecule has 0 fully saturated rings. The van der Waals surface area contributed by atoms with E-state index < -0.39 is 0 Å². The van der Waals surface area contributed by atoms with Gasteiger partial charge in [-0.05, 0) is 70.5 Å². The number of furan rings is 1. The van der Waals surface area contributed by atoms with Gasteiger partial charge < -0.3 is 13.8 Å². The van der Waals surface area contributed by atoms with Gasteiger partial charge in [-0.1, -0.05) is 93.6 Å². The molecular formula is C42H29BN2OS. The Labute approximate surface area is 276 Å². The smallest absolute Gasteiger partial charge is 0.375 e. The minimum absolute atomic E-state index is 0.00918. The van der Waals surface area contributed by atoms with Crippen molar-refractivity contribution in [3.63, 3.8) is 0 Å². The summed E-state index contributed by atoms with van der Waals surface area (Å²) in [6.45, 7) is 6.75. The molecule has 5 heteroatoms. The summed E-state index contributed by atoms with van der Waals surface area (Å²) in [4.78, 5) is 2.51. The molecule has 0 N–H and O–H groups in total. The highest BCUT2D eigenvalue weighted by Crippen LogP contribution is 2.47. The summed E-state index contributed by atoms with van der Waals surface area (Å²) in [6, 6.07) is 44.9. The van der Waals surface area contributed by atoms with E-state index in [0.717, 1.165) is 16.9 Å². The lowest BCUT2D eigenvalue weighted by Crippen LogP contribution is -2.60. The Morgan fingerprint density at radius 2 is 1.45 bits per heavy atom. The molecule has 0 aliphatic carbocycles. The molecule has 47 heavy (non-hydrogen) atoms. The van der Waals surface area contributed by atoms with Crippen LogP contribution in [0.1, 0.15) is 26.3 Å². The van der Waals surface area contributed by atoms with Gasteiger partial charge in [-0.3, -0.25) is 0 Å². The molecule has 0 atom stereocenters. The number of para-hydroxylation sites is 2. The summed E-state index contributed by atoms with van der Waals surface area (Å²) in [5, 5.41) is 6.41. The van der Waals surface area contributed by atoms with E-state index in [4.69, 9.17) is 4.42 Å². The standard InChI is InChI=1S/C42H29BN2OS/c1-42(2,3)24-17-20-35-32(21-24)40-41(46-35)43-38-28(26-13-7-9-15-33(26)45(43)25-11-5-4-6-12-25)18-19-29-30-22-31-27-14-8-10-16-36(27)47-37(31)23-34(30)44(40)39(29)38/h4-23H,1-3H3. The maximum absolute atomic E-state index is 7.10. The number of benzene rings is 6. The van der Waals surface area contributed by atoms with Gasteiger partial charge in [0.2, 0.25) is 0 Å². The van der Waals surface area contributed by atoms with Gasteiger partial charge in [0.1, 0.15) is 11.2 Å². The lowest BCUT2D eigenvalue weighted by atomic mass is 9.46. The number of rotatable bonds is 1. The third-order valence-electron chi connectivity index (χ3n) is 10.5. The number of hydrogen-bond donors (Lipinski definition) is 0. The maximum atomic E-state index is 7.10. The van der Waals surface area contributed by atoms with Gasteiger partial charge in [-0.15, -0.1) is 11.3 Å². The molecule has 2 aliphatic rings. The summed E-state index contributed by atoms with van der Waals surface area (Å²) in [7, 11) is 0. The second-order valence-corrected chi connectivity index (χ2v) is 15.2. The summed E-state index contributed by atoms with van der Waals surface area (Å²) >= 11 is 1.88. The Bertz CT molecular complexity index is 2800. The van der Waals surface area contributed by atoms with Crippen molar-refractivity contribution in [1.29, 1.82) is 0 Å². The molecule has 0 saturated heterocycles. The first-order valence-electron chi connectivity index (χ1n) is 16.4. The Balaban J connectivity index is 1.36. The van der Waals surface area contributed by atoms with Crippen LogP contribution in [0.15, 0.2) is 126 Å². The highest BCUT2D eigenvalue weighted by atomic mass is 32.1. The zero-order valence-electron chi connectivity index (χ0n) is 26.3. The van der Waals surface area contributed by atoms with Crippen molar-refractivity contribution < 1.29 is 4.42 Å². The van der Waals surface area contributed by atoms with Crippen LogP contribution in [0.25, 0.3) is 69.8 Å². The van der Waals surface area contributed by atoms with Crippen molar-refractivity contribution in [2.24, 2.45) is 0 Å². The number of aromatic nitrogens is 1. The average Bonchev–Trinajstić information content (AvgIpc) is 3.75. The van der Waals surface area contributed by atoms with Crippen molar-refractivity contribution >= 4 is 93.6 Å². The van der Waals surface area contributed by atoms with Crippen LogP contribution in [0.2, 0.25) is 0 Å². The molecule has 0 unspecified atom stereocenters. The fourth-order valence-corrected chi connectivity index (χ4v) is 9.50. The zero-order valence-corrected chi connectivity index (χ0v) is 27.2. The Morgan fingerprint density at radius 1 is 0.638 bits per heavy atom. The van der Waals surface area contributed by atoms with Crippen LogP contribution < -0.4 is 15.9 Å². The van der Waals surface area contributed by atoms with Crippen LogP contribution in [-0.4, -0.2) is 11.4 Å². The molecule has 0 amide bonds. The van der Waals surface area contributed by atoms with Crippen molar-refractivity contribution in [3.8, 4) is 16.8 Å². The minimum atomic E-state index is -0.120. The number of hydrogen-bond acceptors (Lipinski definition) is 3. The lowest BCUT2D eigenvalue weighted by Gasteiger charge is -2.40. The van der Waals surface area contributed by atoms with Crippen LogP contribution in [0.4, 0.5) is 11.4 Å². The zero-order chi connectivity index (χ0) is 31.2. The van der Waals surface area contributed by atoms with Gasteiger partial charge in [0.05, 0.1) is 16.7 Å². The van der Waals surface area contributed by atoms with E-state index in [1.54, 1.807) is 0 Å². The van der Waals surface area contributed by atoms with E-state index in [1.165, 1.54) is 80.9 Å². The van der Waals surface area contributed by atoms with E-state index >= 15 is 0 Å². The third kappa shape index (κ3) is 3.27. The molecule has 0 saturated carbocycles. The Morgan fingerprint density at radius 3 is 2.32 bits per heavy atom. The molecule has 0 radical (unpaired) electrons. The summed E-state index contributed by atoms with van der Waals surface area (Å²) < 4.78 is 12.3. The van der Waals surface area contributed by atoms with E-state index in [0.29, 0.717) is 0 Å². The highest BCUT2D eigenvalue weighted by molar-refractivity contribution is 7.25. The van der Waals surface area contributed by atoms with Crippen molar-refractivity contribution in [3.05, 3.63) is 127 Å². The van der Waals surface area contributed by atoms with Gasteiger partial charge in [-0.25, -0.2) is 0 Å². The first-order chi connectivity index (χ1) is 23.0. The monoisotopic (exact) mass is 620 g/mol. The molecule has 2 aliphatic heterocycles. The van der Waals surface area contributed by atoms with Crippen molar-refractivity contribution in [2.45, 2.75) is 26.2 Å². The van der Waals surface area contributed by atoms with Crippen LogP contribution in [0.3, 0.4) is 0 Å². The average molecular weight is 621 g/mol. The first kappa shape index (κ1) is 25.9. The number of nitrogens with zero attached hydrogens (tertiary/aromatic N) is 2. The Kier molecular flexibility index (Phi) is 4.82. The molecule has 0 bridgehead atoms. The van der Waals surface area contributed by atoms with Crippen LogP contribution in [0, 0.1) is 0 Å². The summed E-state index contributed by atoms with van der Waals surface area (Å²) in [5.41, 5.74) is 13.2. The second-order valence-electron chi connectivity index (χ2n) is 14.1. The fraction of sp³-hybridized carbons (Fsp3) is 0.0952. The van der Waals surface area contributed by atoms with E-state index in [9.17, 15) is 0 Å². The quantitative estimate of drug-likeness (QED) is 0.170. The fourth-order valence-electron chi connectivity index (χ4n) is 8.38. The molecule has 11 rings (SSSR count). The largest absolute Gasteiger partial charge is 0.466 e. The molecule has 3 nitrogen and oxygen atoms in total. The van der Waals surface area contributed by atoms with Crippen LogP contribution in [-0.2, 0) is 5.41 Å².